The molecule has 0 bridgehead atoms. The Morgan fingerprint density at radius 1 is 0.767 bits per heavy atom. The highest BCUT2D eigenvalue weighted by Gasteiger charge is 2.17. The minimum atomic E-state index is 0.0891. The van der Waals surface area contributed by atoms with Gasteiger partial charge in [0.05, 0.1) is 11.0 Å². The van der Waals surface area contributed by atoms with Crippen molar-refractivity contribution in [2.75, 3.05) is 37.6 Å². The summed E-state index contributed by atoms with van der Waals surface area (Å²) in [6.07, 6.45) is 2.92. The molecule has 154 valence electrons. The summed E-state index contributed by atoms with van der Waals surface area (Å²) >= 11 is 6.00. The highest BCUT2D eigenvalue weighted by Crippen LogP contribution is 2.20. The van der Waals surface area contributed by atoms with E-state index in [-0.39, 0.29) is 5.56 Å². The van der Waals surface area contributed by atoms with E-state index in [1.807, 2.05) is 57.6 Å². The molecule has 0 aliphatic carbocycles. The summed E-state index contributed by atoms with van der Waals surface area (Å²) in [6.45, 7) is 5.84. The first kappa shape index (κ1) is 19.2. The Balaban J connectivity index is 1.24. The molecule has 4 aromatic rings. The minimum Gasteiger partial charge on any atom is -0.369 e. The molecule has 1 aliphatic rings. The Morgan fingerprint density at radius 3 is 2.23 bits per heavy atom. The number of benzene rings is 2. The predicted molar refractivity (Wildman–Crippen MR) is 124 cm³/mol. The van der Waals surface area contributed by atoms with Gasteiger partial charge in [0.15, 0.2) is 0 Å². The van der Waals surface area contributed by atoms with Crippen LogP contribution in [0, 0.1) is 0 Å². The number of para-hydroxylation sites is 2. The molecule has 30 heavy (non-hydrogen) atoms. The lowest BCUT2D eigenvalue weighted by Gasteiger charge is -2.36. The van der Waals surface area contributed by atoms with Gasteiger partial charge in [-0.1, -0.05) is 23.7 Å². The van der Waals surface area contributed by atoms with Gasteiger partial charge in [-0.15, -0.1) is 0 Å². The Hall–Kier alpha value is -2.76. The molecule has 5 rings (SSSR count). The smallest absolute Gasteiger partial charge is 0.275 e. The molecule has 2 aromatic heterocycles. The quantitative estimate of drug-likeness (QED) is 0.487. The predicted octanol–water partition coefficient (Wildman–Crippen LogP) is 4.12. The van der Waals surface area contributed by atoms with Gasteiger partial charge in [0, 0.05) is 49.6 Å². The van der Waals surface area contributed by atoms with Gasteiger partial charge in [0.2, 0.25) is 0 Å². The van der Waals surface area contributed by atoms with Gasteiger partial charge in [-0.05, 0) is 61.5 Å². The Kier molecular flexibility index (Phi) is 5.23. The van der Waals surface area contributed by atoms with E-state index in [0.29, 0.717) is 0 Å². The van der Waals surface area contributed by atoms with E-state index in [2.05, 4.69) is 28.0 Å². The molecule has 1 saturated heterocycles. The van der Waals surface area contributed by atoms with Crippen LogP contribution in [-0.2, 0) is 6.54 Å². The van der Waals surface area contributed by atoms with Gasteiger partial charge in [-0.2, -0.15) is 0 Å². The summed E-state index contributed by atoms with van der Waals surface area (Å²) in [5.41, 5.74) is 4.14. The van der Waals surface area contributed by atoms with E-state index in [1.54, 1.807) is 0 Å². The van der Waals surface area contributed by atoms with Crippen LogP contribution in [0.1, 0.15) is 6.42 Å². The van der Waals surface area contributed by atoms with E-state index in [1.165, 1.54) is 5.69 Å². The second kappa shape index (κ2) is 8.17. The average Bonchev–Trinajstić information content (AvgIpc) is 3.28. The highest BCUT2D eigenvalue weighted by atomic mass is 35.5. The SMILES string of the molecule is O=c1c2cccn2c2ccccc2n1CCCN1CCN(c2ccc(Cl)cc2)CC1. The van der Waals surface area contributed by atoms with Crippen molar-refractivity contribution in [2.45, 2.75) is 13.0 Å². The van der Waals surface area contributed by atoms with Gasteiger partial charge in [0.25, 0.3) is 5.56 Å². The van der Waals surface area contributed by atoms with Crippen LogP contribution >= 0.6 is 11.6 Å². The summed E-state index contributed by atoms with van der Waals surface area (Å²) in [5, 5.41) is 0.776. The van der Waals surface area contributed by atoms with E-state index >= 15 is 0 Å². The highest BCUT2D eigenvalue weighted by molar-refractivity contribution is 6.30. The van der Waals surface area contributed by atoms with E-state index < -0.39 is 0 Å². The molecule has 1 fully saturated rings. The molecule has 0 amide bonds. The number of anilines is 1. The number of hydrogen-bond acceptors (Lipinski definition) is 3. The lowest BCUT2D eigenvalue weighted by Crippen LogP contribution is -2.46. The Morgan fingerprint density at radius 2 is 1.47 bits per heavy atom. The fourth-order valence-electron chi connectivity index (χ4n) is 4.47. The number of hydrogen-bond donors (Lipinski definition) is 0. The molecule has 0 saturated carbocycles. The van der Waals surface area contributed by atoms with Crippen LogP contribution in [0.3, 0.4) is 0 Å². The normalized spacial score (nSPS) is 15.3. The summed E-state index contributed by atoms with van der Waals surface area (Å²) in [4.78, 5) is 17.9. The Labute approximate surface area is 180 Å². The van der Waals surface area contributed by atoms with Gasteiger partial charge >= 0.3 is 0 Å². The zero-order valence-electron chi connectivity index (χ0n) is 16.9. The third kappa shape index (κ3) is 3.59. The zero-order valence-corrected chi connectivity index (χ0v) is 17.6. The van der Waals surface area contributed by atoms with Crippen molar-refractivity contribution in [3.8, 4) is 0 Å². The maximum absolute atomic E-state index is 13.0. The van der Waals surface area contributed by atoms with Gasteiger partial charge in [0.1, 0.15) is 5.52 Å². The van der Waals surface area contributed by atoms with Crippen molar-refractivity contribution in [2.24, 2.45) is 0 Å². The number of aryl methyl sites for hydroxylation is 1. The maximum atomic E-state index is 13.0. The third-order valence-electron chi connectivity index (χ3n) is 6.07. The number of piperazine rings is 1. The van der Waals surface area contributed by atoms with Crippen LogP contribution in [0.4, 0.5) is 5.69 Å². The first-order valence-electron chi connectivity index (χ1n) is 10.5. The van der Waals surface area contributed by atoms with Crippen molar-refractivity contribution in [1.29, 1.82) is 0 Å². The summed E-state index contributed by atoms with van der Waals surface area (Å²) in [7, 11) is 0. The van der Waals surface area contributed by atoms with Gasteiger partial charge < -0.3 is 13.9 Å². The second-order valence-electron chi connectivity index (χ2n) is 7.87. The van der Waals surface area contributed by atoms with E-state index in [9.17, 15) is 4.79 Å². The van der Waals surface area contributed by atoms with Crippen molar-refractivity contribution in [3.63, 3.8) is 0 Å². The summed E-state index contributed by atoms with van der Waals surface area (Å²) < 4.78 is 3.93. The zero-order chi connectivity index (χ0) is 20.5. The van der Waals surface area contributed by atoms with Crippen LogP contribution in [-0.4, -0.2) is 46.6 Å². The molecular formula is C24H25ClN4O. The maximum Gasteiger partial charge on any atom is 0.275 e. The van der Waals surface area contributed by atoms with Crippen molar-refractivity contribution in [3.05, 3.63) is 82.2 Å². The third-order valence-corrected chi connectivity index (χ3v) is 6.32. The fourth-order valence-corrected chi connectivity index (χ4v) is 4.59. The van der Waals surface area contributed by atoms with Crippen LogP contribution in [0.15, 0.2) is 71.7 Å². The first-order chi connectivity index (χ1) is 14.7. The number of halogens is 1. The molecular weight excluding hydrogens is 396 g/mol. The molecule has 5 nitrogen and oxygen atoms in total. The van der Waals surface area contributed by atoms with Gasteiger partial charge in [-0.3, -0.25) is 9.69 Å². The number of rotatable bonds is 5. The molecule has 0 N–H and O–H groups in total. The van der Waals surface area contributed by atoms with Crippen LogP contribution in [0.25, 0.3) is 16.6 Å². The molecule has 0 atom stereocenters. The van der Waals surface area contributed by atoms with Crippen molar-refractivity contribution >= 4 is 33.8 Å². The molecule has 0 unspecified atom stereocenters. The fraction of sp³-hybridized carbons (Fsp3) is 0.292. The lowest BCUT2D eigenvalue weighted by atomic mass is 10.2. The average molecular weight is 421 g/mol. The van der Waals surface area contributed by atoms with E-state index in [0.717, 1.165) is 67.3 Å². The van der Waals surface area contributed by atoms with Crippen molar-refractivity contribution < 1.29 is 0 Å². The standard InChI is InChI=1S/C24H25ClN4O/c25-19-8-10-20(11-9-19)27-17-15-26(16-18-27)12-4-14-29-22-6-2-1-5-21(22)28-13-3-7-23(28)24(29)30/h1-3,5-11,13H,4,12,14-18H2. The molecule has 3 heterocycles. The summed E-state index contributed by atoms with van der Waals surface area (Å²) in [5.74, 6) is 0. The molecule has 2 aromatic carbocycles. The number of nitrogens with zero attached hydrogens (tertiary/aromatic N) is 4. The molecule has 0 radical (unpaired) electrons. The largest absolute Gasteiger partial charge is 0.369 e. The second-order valence-corrected chi connectivity index (χ2v) is 8.30. The molecule has 6 heteroatoms. The lowest BCUT2D eigenvalue weighted by molar-refractivity contribution is 0.250. The van der Waals surface area contributed by atoms with E-state index in [4.69, 9.17) is 11.6 Å². The topological polar surface area (TPSA) is 32.9 Å². The number of fused-ring (bicyclic) bond motifs is 3. The van der Waals surface area contributed by atoms with Crippen LogP contribution in [0.2, 0.25) is 5.02 Å². The monoisotopic (exact) mass is 420 g/mol. The van der Waals surface area contributed by atoms with Crippen LogP contribution in [0.5, 0.6) is 0 Å². The van der Waals surface area contributed by atoms with Crippen molar-refractivity contribution in [1.82, 2.24) is 13.9 Å². The van der Waals surface area contributed by atoms with Crippen LogP contribution < -0.4 is 10.5 Å². The first-order valence-corrected chi connectivity index (χ1v) is 10.9. The van der Waals surface area contributed by atoms with Gasteiger partial charge in [-0.25, -0.2) is 0 Å². The molecule has 0 spiro atoms. The minimum absolute atomic E-state index is 0.0891. The number of aromatic nitrogens is 2. The molecule has 1 aliphatic heterocycles. The summed E-state index contributed by atoms with van der Waals surface area (Å²) in [6, 6.07) is 20.1. The Bertz CT molecular complexity index is 1220.